The molecular weight excluding hydrogens is 408 g/mol. The number of benzene rings is 2. The molecule has 2 aromatic rings. The van der Waals surface area contributed by atoms with Crippen LogP contribution in [0.3, 0.4) is 0 Å². The summed E-state index contributed by atoms with van der Waals surface area (Å²) in [6.07, 6.45) is 2.44. The van der Waals surface area contributed by atoms with Gasteiger partial charge in [0.25, 0.3) is 0 Å². The van der Waals surface area contributed by atoms with Crippen LogP contribution in [0.25, 0.3) is 0 Å². The summed E-state index contributed by atoms with van der Waals surface area (Å²) >= 11 is 0. The summed E-state index contributed by atoms with van der Waals surface area (Å²) in [6, 6.07) is 12.3. The molecule has 0 bridgehead atoms. The number of fused-ring (bicyclic) bond motifs is 1. The molecule has 7 nitrogen and oxygen atoms in total. The molecule has 4 rings (SSSR count). The monoisotopic (exact) mass is 438 g/mol. The Balaban J connectivity index is 1.40. The zero-order valence-corrected chi connectivity index (χ0v) is 18.8. The summed E-state index contributed by atoms with van der Waals surface area (Å²) in [5.74, 6) is 1.99. The molecule has 0 aliphatic carbocycles. The van der Waals surface area contributed by atoms with Crippen LogP contribution in [-0.4, -0.2) is 50.1 Å². The predicted octanol–water partition coefficient (Wildman–Crippen LogP) is 3.57. The van der Waals surface area contributed by atoms with Crippen LogP contribution in [0.4, 0.5) is 5.69 Å². The van der Waals surface area contributed by atoms with Gasteiger partial charge in [-0.1, -0.05) is 6.07 Å². The van der Waals surface area contributed by atoms with E-state index in [1.54, 1.807) is 7.11 Å². The molecule has 1 saturated heterocycles. The predicted molar refractivity (Wildman–Crippen MR) is 121 cm³/mol. The minimum absolute atomic E-state index is 0.120. The van der Waals surface area contributed by atoms with Gasteiger partial charge in [0.2, 0.25) is 11.8 Å². The number of methoxy groups -OCH3 is 1. The van der Waals surface area contributed by atoms with E-state index in [4.69, 9.17) is 14.2 Å². The van der Waals surface area contributed by atoms with E-state index >= 15 is 0 Å². The van der Waals surface area contributed by atoms with E-state index in [0.717, 1.165) is 37.4 Å². The van der Waals surface area contributed by atoms with Crippen molar-refractivity contribution in [3.63, 3.8) is 0 Å². The first-order chi connectivity index (χ1) is 15.6. The van der Waals surface area contributed by atoms with Gasteiger partial charge in [-0.2, -0.15) is 0 Å². The first-order valence-corrected chi connectivity index (χ1v) is 11.2. The van der Waals surface area contributed by atoms with E-state index in [0.29, 0.717) is 30.8 Å². The fourth-order valence-corrected chi connectivity index (χ4v) is 4.20. The molecule has 0 atom stereocenters. The third-order valence-electron chi connectivity index (χ3n) is 5.98. The van der Waals surface area contributed by atoms with Crippen LogP contribution in [0.2, 0.25) is 0 Å². The maximum atomic E-state index is 11.9. The molecule has 0 spiro atoms. The van der Waals surface area contributed by atoms with Gasteiger partial charge in [0.1, 0.15) is 12.4 Å². The molecule has 0 saturated carbocycles. The molecule has 0 N–H and O–H groups in total. The number of carbonyl (C=O) groups is 2. The van der Waals surface area contributed by atoms with Crippen molar-refractivity contribution >= 4 is 17.5 Å². The third kappa shape index (κ3) is 4.82. The quantitative estimate of drug-likeness (QED) is 0.558. The SMILES string of the molecule is CCN(Cc1ccc(OCCN2C(=O)CCCC2=O)c(OC)c1)c1ccc2c(c1)CCO2. The second-order valence-electron chi connectivity index (χ2n) is 8.03. The summed E-state index contributed by atoms with van der Waals surface area (Å²) in [5.41, 5.74) is 3.54. The highest BCUT2D eigenvalue weighted by molar-refractivity contribution is 5.97. The lowest BCUT2D eigenvalue weighted by atomic mass is 10.1. The van der Waals surface area contributed by atoms with Crippen LogP contribution in [0.5, 0.6) is 17.2 Å². The van der Waals surface area contributed by atoms with Crippen molar-refractivity contribution in [3.05, 3.63) is 47.5 Å². The van der Waals surface area contributed by atoms with E-state index in [1.807, 2.05) is 18.2 Å². The van der Waals surface area contributed by atoms with Crippen molar-refractivity contribution in [3.8, 4) is 17.2 Å². The van der Waals surface area contributed by atoms with Crippen molar-refractivity contribution in [2.75, 3.05) is 38.3 Å². The largest absolute Gasteiger partial charge is 0.493 e. The zero-order chi connectivity index (χ0) is 22.5. The maximum absolute atomic E-state index is 11.9. The highest BCUT2D eigenvalue weighted by Crippen LogP contribution is 2.32. The topological polar surface area (TPSA) is 68.3 Å². The summed E-state index contributed by atoms with van der Waals surface area (Å²) in [6.45, 7) is 5.01. The fraction of sp³-hybridized carbons (Fsp3) is 0.440. The second kappa shape index (κ2) is 9.94. The van der Waals surface area contributed by atoms with Crippen molar-refractivity contribution in [2.24, 2.45) is 0 Å². The van der Waals surface area contributed by atoms with Crippen LogP contribution in [0.15, 0.2) is 36.4 Å². The number of piperidine rings is 1. The summed E-state index contributed by atoms with van der Waals surface area (Å²) < 4.78 is 17.0. The van der Waals surface area contributed by atoms with Gasteiger partial charge in [-0.15, -0.1) is 0 Å². The number of carbonyl (C=O) groups excluding carboxylic acids is 2. The van der Waals surface area contributed by atoms with Crippen LogP contribution < -0.4 is 19.1 Å². The minimum atomic E-state index is -0.120. The van der Waals surface area contributed by atoms with Gasteiger partial charge in [0.05, 0.1) is 20.3 Å². The molecule has 2 aliphatic rings. The zero-order valence-electron chi connectivity index (χ0n) is 18.8. The number of amides is 2. The van der Waals surface area contributed by atoms with Crippen LogP contribution in [0, 0.1) is 0 Å². The summed E-state index contributed by atoms with van der Waals surface area (Å²) in [5, 5.41) is 0. The summed E-state index contributed by atoms with van der Waals surface area (Å²) in [7, 11) is 1.61. The van der Waals surface area contributed by atoms with E-state index in [9.17, 15) is 9.59 Å². The number of imide groups is 1. The number of anilines is 1. The molecule has 0 unspecified atom stereocenters. The smallest absolute Gasteiger partial charge is 0.229 e. The molecule has 2 aliphatic heterocycles. The molecule has 7 heteroatoms. The Morgan fingerprint density at radius 1 is 1.03 bits per heavy atom. The second-order valence-corrected chi connectivity index (χ2v) is 8.03. The number of hydrogen-bond donors (Lipinski definition) is 0. The first kappa shape index (κ1) is 22.0. The number of nitrogens with zero attached hydrogens (tertiary/aromatic N) is 2. The van der Waals surface area contributed by atoms with E-state index in [-0.39, 0.29) is 25.0 Å². The van der Waals surface area contributed by atoms with Crippen LogP contribution in [0.1, 0.15) is 37.3 Å². The van der Waals surface area contributed by atoms with Gasteiger partial charge in [-0.05, 0) is 54.8 Å². The Hall–Kier alpha value is -3.22. The van der Waals surface area contributed by atoms with Gasteiger partial charge in [-0.25, -0.2) is 0 Å². The minimum Gasteiger partial charge on any atom is -0.493 e. The lowest BCUT2D eigenvalue weighted by Crippen LogP contribution is -2.42. The average molecular weight is 439 g/mol. The van der Waals surface area contributed by atoms with Gasteiger partial charge >= 0.3 is 0 Å². The van der Waals surface area contributed by atoms with E-state index in [2.05, 4.69) is 30.0 Å². The lowest BCUT2D eigenvalue weighted by molar-refractivity contribution is -0.148. The van der Waals surface area contributed by atoms with Crippen molar-refractivity contribution in [1.82, 2.24) is 4.90 Å². The summed E-state index contributed by atoms with van der Waals surface area (Å²) in [4.78, 5) is 27.5. The Labute approximate surface area is 188 Å². The number of rotatable bonds is 9. The maximum Gasteiger partial charge on any atom is 0.229 e. The molecule has 0 radical (unpaired) electrons. The molecule has 1 fully saturated rings. The Kier molecular flexibility index (Phi) is 6.83. The Morgan fingerprint density at radius 3 is 2.59 bits per heavy atom. The van der Waals surface area contributed by atoms with Crippen LogP contribution in [-0.2, 0) is 22.6 Å². The Morgan fingerprint density at radius 2 is 1.84 bits per heavy atom. The molecule has 32 heavy (non-hydrogen) atoms. The lowest BCUT2D eigenvalue weighted by Gasteiger charge is -2.25. The van der Waals surface area contributed by atoms with Gasteiger partial charge in [-0.3, -0.25) is 14.5 Å². The van der Waals surface area contributed by atoms with E-state index in [1.165, 1.54) is 16.2 Å². The Bertz CT molecular complexity index is 974. The fourth-order valence-electron chi connectivity index (χ4n) is 4.20. The van der Waals surface area contributed by atoms with Gasteiger partial charge < -0.3 is 19.1 Å². The molecule has 2 amide bonds. The molecule has 2 aromatic carbocycles. The van der Waals surface area contributed by atoms with Crippen molar-refractivity contribution in [1.29, 1.82) is 0 Å². The van der Waals surface area contributed by atoms with Crippen molar-refractivity contribution in [2.45, 2.75) is 39.2 Å². The molecule has 2 heterocycles. The third-order valence-corrected chi connectivity index (χ3v) is 5.98. The molecule has 0 aromatic heterocycles. The highest BCUT2D eigenvalue weighted by atomic mass is 16.5. The van der Waals surface area contributed by atoms with Crippen LogP contribution >= 0.6 is 0 Å². The van der Waals surface area contributed by atoms with Gasteiger partial charge in [0.15, 0.2) is 11.5 Å². The van der Waals surface area contributed by atoms with Crippen molar-refractivity contribution < 1.29 is 23.8 Å². The normalized spacial score (nSPS) is 15.4. The number of ether oxygens (including phenoxy) is 3. The number of likely N-dealkylation sites (tertiary alicyclic amines) is 1. The first-order valence-electron chi connectivity index (χ1n) is 11.2. The highest BCUT2D eigenvalue weighted by Gasteiger charge is 2.25. The standard InChI is InChI=1S/C25H30N2O5/c1-3-26(20-8-10-21-19(16-20)11-13-31-21)17-18-7-9-22(23(15-18)30-2)32-14-12-27-24(28)5-4-6-25(27)29/h7-10,15-16H,3-6,11-14,17H2,1-2H3. The average Bonchev–Trinajstić information content (AvgIpc) is 3.28. The number of hydrogen-bond acceptors (Lipinski definition) is 6. The van der Waals surface area contributed by atoms with E-state index < -0.39 is 0 Å². The molecular formula is C25H30N2O5. The van der Waals surface area contributed by atoms with Gasteiger partial charge in [0, 0.05) is 38.0 Å². The molecule has 170 valence electrons.